The summed E-state index contributed by atoms with van der Waals surface area (Å²) in [6.45, 7) is -6.13. The topological polar surface area (TPSA) is 9.23 Å². The molecule has 0 atom stereocenters. The molecule has 2 aromatic carbocycles. The summed E-state index contributed by atoms with van der Waals surface area (Å²) >= 11 is 3.25. The second kappa shape index (κ2) is 14.3. The van der Waals surface area contributed by atoms with Crippen molar-refractivity contribution in [2.24, 2.45) is 0 Å². The number of hydrogen-bond donors (Lipinski definition) is 0. The lowest BCUT2D eigenvalue weighted by atomic mass is 9.46. The van der Waals surface area contributed by atoms with E-state index in [2.05, 4.69) is 0 Å². The Kier molecular flexibility index (Phi) is 10.5. The minimum atomic E-state index is -6.12. The highest BCUT2D eigenvalue weighted by Gasteiger charge is 2.54. The van der Waals surface area contributed by atoms with Crippen molar-refractivity contribution < 1.29 is 83.6 Å². The number of alkyl halides is 18. The van der Waals surface area contributed by atoms with E-state index in [1.165, 1.54) is 35.0 Å². The molecular formula is C34H12B2F18OS4. The molecule has 6 aromatic rings. The predicted molar refractivity (Wildman–Crippen MR) is 188 cm³/mol. The van der Waals surface area contributed by atoms with E-state index >= 15 is 0 Å². The molecule has 5 heterocycles. The van der Waals surface area contributed by atoms with Crippen molar-refractivity contribution in [2.45, 2.75) is 37.1 Å². The minimum Gasteiger partial charge on any atom is -0.483 e. The summed E-state index contributed by atoms with van der Waals surface area (Å²) in [6.07, 6.45) is -36.2. The summed E-state index contributed by atoms with van der Waals surface area (Å²) in [5.74, 6) is 0. The minimum absolute atomic E-state index is 0.0876. The van der Waals surface area contributed by atoms with Crippen LogP contribution in [0.5, 0.6) is 0 Å². The molecule has 0 amide bonds. The van der Waals surface area contributed by atoms with Crippen molar-refractivity contribution in [3.05, 3.63) is 105 Å². The van der Waals surface area contributed by atoms with Crippen LogP contribution < -0.4 is 21.9 Å². The highest BCUT2D eigenvalue weighted by molar-refractivity contribution is 7.30. The van der Waals surface area contributed by atoms with Gasteiger partial charge in [0.1, 0.15) is 0 Å². The van der Waals surface area contributed by atoms with E-state index in [-0.39, 0.29) is 19.5 Å². The van der Waals surface area contributed by atoms with Crippen molar-refractivity contribution >= 4 is 81.0 Å². The van der Waals surface area contributed by atoms with Crippen molar-refractivity contribution in [1.29, 1.82) is 0 Å². The summed E-state index contributed by atoms with van der Waals surface area (Å²) in [5.41, 5.74) is -21.3. The molecular weight excluding hydrogens is 916 g/mol. The van der Waals surface area contributed by atoms with E-state index in [9.17, 15) is 79.0 Å². The number of fused-ring (bicyclic) bond motifs is 3. The van der Waals surface area contributed by atoms with Gasteiger partial charge >= 0.3 is 50.9 Å². The number of rotatable bonds is 4. The monoisotopic (exact) mass is 928 g/mol. The third kappa shape index (κ3) is 8.16. The van der Waals surface area contributed by atoms with E-state index in [0.717, 1.165) is 34.8 Å². The van der Waals surface area contributed by atoms with Crippen molar-refractivity contribution in [2.75, 3.05) is 0 Å². The molecule has 1 aliphatic rings. The highest BCUT2D eigenvalue weighted by atomic mass is 32.1. The molecule has 1 nitrogen and oxygen atoms in total. The molecule has 0 fully saturated rings. The lowest BCUT2D eigenvalue weighted by molar-refractivity contribution is -0.149. The maximum absolute atomic E-state index is 14.9. The molecule has 0 N–H and O–H groups in total. The quantitative estimate of drug-likeness (QED) is 0.126. The standard InChI is InChI=1S/C34H12B2F18OS4/c37-29(38,39)13-7-15(31(43,44)45)25(16(8-13)32(46,47)48)35-19-11-23(21-3-1-5-56-21)58-27(19)28-20(12-24(59-28)22-4-2-6-57-22)36(55-35)26-17(33(49,50)51)9-14(30(40,41)42)10-18(26)34(52,53)54/h1-12H. The molecule has 0 unspecified atom stereocenters. The Balaban J connectivity index is 1.68. The van der Waals surface area contributed by atoms with Crippen LogP contribution in [0.25, 0.3) is 29.3 Å². The number of halogens is 18. The van der Waals surface area contributed by atoms with E-state index in [4.69, 9.17) is 4.57 Å². The van der Waals surface area contributed by atoms with Crippen molar-refractivity contribution in [3.63, 3.8) is 0 Å². The van der Waals surface area contributed by atoms with E-state index in [1.54, 1.807) is 0 Å². The van der Waals surface area contributed by atoms with Crippen LogP contribution in [0, 0.1) is 0 Å². The lowest BCUT2D eigenvalue weighted by Crippen LogP contribution is -2.59. The smallest absolute Gasteiger partial charge is 0.416 e. The van der Waals surface area contributed by atoms with Crippen LogP contribution in [-0.4, -0.2) is 13.8 Å². The van der Waals surface area contributed by atoms with Crippen molar-refractivity contribution in [1.82, 2.24) is 0 Å². The summed E-state index contributed by atoms with van der Waals surface area (Å²) in [6, 6.07) is 4.97. The molecule has 310 valence electrons. The van der Waals surface area contributed by atoms with Gasteiger partial charge < -0.3 is 4.57 Å². The van der Waals surface area contributed by atoms with Crippen LogP contribution >= 0.6 is 45.3 Å². The van der Waals surface area contributed by atoms with E-state index in [0.29, 0.717) is 32.4 Å². The molecule has 1 aliphatic heterocycles. The van der Waals surface area contributed by atoms with Gasteiger partial charge in [-0.15, -0.1) is 45.3 Å². The van der Waals surface area contributed by atoms with Gasteiger partial charge in [0.05, 0.1) is 33.4 Å². The zero-order valence-corrected chi connectivity index (χ0v) is 31.2. The van der Waals surface area contributed by atoms with Crippen LogP contribution in [0.3, 0.4) is 0 Å². The maximum Gasteiger partial charge on any atom is 0.416 e. The number of benzene rings is 2. The molecule has 7 rings (SSSR count). The Morgan fingerprint density at radius 3 is 0.932 bits per heavy atom. The van der Waals surface area contributed by atoms with E-state index in [1.807, 2.05) is 0 Å². The van der Waals surface area contributed by atoms with Gasteiger partial charge in [0, 0.05) is 29.3 Å². The van der Waals surface area contributed by atoms with Gasteiger partial charge in [-0.2, -0.15) is 79.0 Å². The Hall–Kier alpha value is -3.93. The zero-order chi connectivity index (χ0) is 43.4. The van der Waals surface area contributed by atoms with Crippen LogP contribution in [0.1, 0.15) is 33.4 Å². The lowest BCUT2D eigenvalue weighted by Gasteiger charge is -2.29. The first-order valence-electron chi connectivity index (χ1n) is 15.8. The fourth-order valence-electron chi connectivity index (χ4n) is 6.50. The predicted octanol–water partition coefficient (Wildman–Crippen LogP) is 12.3. The summed E-state index contributed by atoms with van der Waals surface area (Å²) in [5, 5.41) is 3.02. The molecule has 0 bridgehead atoms. The van der Waals surface area contributed by atoms with Gasteiger partial charge in [0.2, 0.25) is 0 Å². The Labute approximate surface area is 334 Å². The van der Waals surface area contributed by atoms with Gasteiger partial charge in [-0.3, -0.25) is 0 Å². The van der Waals surface area contributed by atoms with Crippen LogP contribution in [0.4, 0.5) is 79.0 Å². The van der Waals surface area contributed by atoms with E-state index < -0.39 is 130 Å². The van der Waals surface area contributed by atoms with Gasteiger partial charge in [0.25, 0.3) is 0 Å². The fraction of sp³-hybridized carbons (Fsp3) is 0.176. The highest BCUT2D eigenvalue weighted by Crippen LogP contribution is 2.46. The first-order chi connectivity index (χ1) is 27.0. The first-order valence-corrected chi connectivity index (χ1v) is 19.2. The third-order valence-corrected chi connectivity index (χ3v) is 13.5. The maximum atomic E-state index is 14.9. The number of thiophene rings is 4. The average Bonchev–Trinajstić information content (AvgIpc) is 3.92. The molecule has 0 aliphatic carbocycles. The first kappa shape index (κ1) is 43.2. The van der Waals surface area contributed by atoms with Gasteiger partial charge in [-0.25, -0.2) is 0 Å². The molecule has 0 saturated carbocycles. The van der Waals surface area contributed by atoms with Gasteiger partial charge in [-0.1, -0.05) is 12.1 Å². The Morgan fingerprint density at radius 1 is 0.390 bits per heavy atom. The molecule has 4 aromatic heterocycles. The van der Waals surface area contributed by atoms with Gasteiger partial charge in [0.15, 0.2) is 0 Å². The summed E-state index contributed by atoms with van der Waals surface area (Å²) in [7, 11) is 0. The SMILES string of the molecule is FC(F)(F)c1cc(C(F)(F)F)c(B2OB(c3c(C(F)(F)F)cc(C(F)(F)F)cc3C(F)(F)F)c3cc(-c4cccs4)sc3-c3sc(-c4cccs4)cc32)c(C(F)(F)F)c1. The largest absolute Gasteiger partial charge is 0.483 e. The molecule has 0 saturated heterocycles. The Bertz CT molecular complexity index is 2270. The molecule has 59 heavy (non-hydrogen) atoms. The fourth-order valence-corrected chi connectivity index (χ4v) is 10.7. The second-order valence-electron chi connectivity index (χ2n) is 12.6. The third-order valence-electron chi connectivity index (χ3n) is 8.85. The van der Waals surface area contributed by atoms with Crippen LogP contribution in [-0.2, 0) is 41.6 Å². The van der Waals surface area contributed by atoms with Crippen LogP contribution in [0.15, 0.2) is 71.4 Å². The molecule has 0 spiro atoms. The average molecular weight is 928 g/mol. The van der Waals surface area contributed by atoms with Crippen LogP contribution in [0.2, 0.25) is 0 Å². The van der Waals surface area contributed by atoms with Gasteiger partial charge in [-0.05, 0) is 81.1 Å². The van der Waals surface area contributed by atoms with Crippen molar-refractivity contribution in [3.8, 4) is 29.3 Å². The number of hydrogen-bond acceptors (Lipinski definition) is 5. The zero-order valence-electron chi connectivity index (χ0n) is 27.9. The normalized spacial score (nSPS) is 14.5. The Morgan fingerprint density at radius 2 is 0.695 bits per heavy atom. The molecule has 0 radical (unpaired) electrons. The molecule has 25 heteroatoms. The summed E-state index contributed by atoms with van der Waals surface area (Å²) < 4.78 is 268. The second-order valence-corrected chi connectivity index (χ2v) is 16.6. The summed E-state index contributed by atoms with van der Waals surface area (Å²) in [4.78, 5) is 0.110.